The van der Waals surface area contributed by atoms with Crippen molar-refractivity contribution in [3.05, 3.63) is 114 Å². The van der Waals surface area contributed by atoms with Crippen LogP contribution in [0.4, 0.5) is 0 Å². The number of aromatic nitrogens is 3. The molecule has 0 spiro atoms. The highest BCUT2D eigenvalue weighted by molar-refractivity contribution is 6.28. The molecule has 6 rings (SSSR count). The SMILES string of the molecule is [2H]c1c([2H])c([2H])c2c([2H])c(-c3ccc4cc(-c5nc(Cl)nc(-c6ccccc6)n5)ccc4c3)c([2H])c([2H])c2c1[2H]. The Kier molecular flexibility index (Phi) is 3.31. The summed E-state index contributed by atoms with van der Waals surface area (Å²) in [5, 5.41) is 1.51. The summed E-state index contributed by atoms with van der Waals surface area (Å²) in [7, 11) is 0. The molecule has 0 radical (unpaired) electrons. The fourth-order valence-electron chi connectivity index (χ4n) is 3.66. The second-order valence-electron chi connectivity index (χ2n) is 7.39. The summed E-state index contributed by atoms with van der Waals surface area (Å²) in [5.41, 5.74) is 2.15. The van der Waals surface area contributed by atoms with E-state index in [0.717, 1.165) is 21.9 Å². The maximum absolute atomic E-state index is 8.80. The van der Waals surface area contributed by atoms with Crippen LogP contribution in [0.25, 0.3) is 55.4 Å². The Bertz CT molecular complexity index is 2000. The van der Waals surface area contributed by atoms with Crippen LogP contribution < -0.4 is 0 Å². The quantitative estimate of drug-likeness (QED) is 0.275. The summed E-state index contributed by atoms with van der Waals surface area (Å²) in [5.74, 6) is 0.867. The van der Waals surface area contributed by atoms with Crippen LogP contribution in [-0.4, -0.2) is 15.0 Å². The zero-order valence-electron chi connectivity index (χ0n) is 24.1. The van der Waals surface area contributed by atoms with E-state index in [1.807, 2.05) is 54.6 Å². The molecule has 0 atom stereocenters. The molecule has 33 heavy (non-hydrogen) atoms. The number of benzene rings is 5. The molecule has 156 valence electrons. The summed E-state index contributed by atoms with van der Waals surface area (Å²) in [4.78, 5) is 13.1. The third kappa shape index (κ3) is 3.84. The summed E-state index contributed by atoms with van der Waals surface area (Å²) >= 11 is 6.22. The minimum absolute atomic E-state index is 0.0709. The lowest BCUT2D eigenvalue weighted by molar-refractivity contribution is 1.07. The Morgan fingerprint density at radius 3 is 2.00 bits per heavy atom. The lowest BCUT2D eigenvalue weighted by Crippen LogP contribution is -1.97. The van der Waals surface area contributed by atoms with Gasteiger partial charge in [-0.05, 0) is 62.4 Å². The van der Waals surface area contributed by atoms with Crippen molar-refractivity contribution in [1.29, 1.82) is 0 Å². The van der Waals surface area contributed by atoms with Gasteiger partial charge in [-0.1, -0.05) is 90.9 Å². The van der Waals surface area contributed by atoms with Crippen molar-refractivity contribution in [2.45, 2.75) is 0 Å². The van der Waals surface area contributed by atoms with Gasteiger partial charge in [0.05, 0.1) is 9.60 Å². The van der Waals surface area contributed by atoms with Gasteiger partial charge in [0.1, 0.15) is 0 Å². The van der Waals surface area contributed by atoms with Crippen LogP contribution in [-0.2, 0) is 0 Å². The maximum Gasteiger partial charge on any atom is 0.226 e. The third-order valence-corrected chi connectivity index (χ3v) is 5.45. The molecule has 0 saturated heterocycles. The highest BCUT2D eigenvalue weighted by Gasteiger charge is 2.10. The summed E-state index contributed by atoms with van der Waals surface area (Å²) in [6, 6.07) is 17.8. The second kappa shape index (κ2) is 8.12. The van der Waals surface area contributed by atoms with Gasteiger partial charge in [-0.3, -0.25) is 0 Å². The average Bonchev–Trinajstić information content (AvgIpc) is 2.96. The number of hydrogen-bond acceptors (Lipinski definition) is 3. The lowest BCUT2D eigenvalue weighted by Gasteiger charge is -2.08. The molecule has 0 aliphatic carbocycles. The van der Waals surface area contributed by atoms with E-state index in [9.17, 15) is 0 Å². The van der Waals surface area contributed by atoms with Crippen LogP contribution in [0.3, 0.4) is 0 Å². The number of nitrogens with zero attached hydrogens (tertiary/aromatic N) is 3. The average molecular weight is 451 g/mol. The molecule has 1 aromatic heterocycles. The van der Waals surface area contributed by atoms with E-state index < -0.39 is 24.2 Å². The molecule has 5 aromatic carbocycles. The van der Waals surface area contributed by atoms with Gasteiger partial charge in [-0.25, -0.2) is 4.98 Å². The third-order valence-electron chi connectivity index (χ3n) is 5.28. The highest BCUT2D eigenvalue weighted by atomic mass is 35.5. The minimum atomic E-state index is -0.491. The van der Waals surface area contributed by atoms with E-state index in [1.165, 1.54) is 0 Å². The number of rotatable bonds is 3. The topological polar surface area (TPSA) is 38.7 Å². The van der Waals surface area contributed by atoms with Crippen LogP contribution in [0.5, 0.6) is 0 Å². The lowest BCUT2D eigenvalue weighted by atomic mass is 9.98. The molecular weight excluding hydrogens is 426 g/mol. The fourth-order valence-corrected chi connectivity index (χ4v) is 3.82. The molecule has 4 heteroatoms. The Labute approximate surface area is 206 Å². The smallest absolute Gasteiger partial charge is 0.208 e. The molecule has 0 aliphatic rings. The van der Waals surface area contributed by atoms with Gasteiger partial charge < -0.3 is 0 Å². The first-order chi connectivity index (χ1) is 19.2. The van der Waals surface area contributed by atoms with Crippen LogP contribution in [0, 0.1) is 0 Å². The predicted molar refractivity (Wildman–Crippen MR) is 136 cm³/mol. The van der Waals surface area contributed by atoms with Crippen molar-refractivity contribution in [2.75, 3.05) is 0 Å². The van der Waals surface area contributed by atoms with Gasteiger partial charge >= 0.3 is 0 Å². The first kappa shape index (κ1) is 13.5. The van der Waals surface area contributed by atoms with Gasteiger partial charge in [0.25, 0.3) is 0 Å². The molecule has 0 bridgehead atoms. The first-order valence-electron chi connectivity index (χ1n) is 13.7. The van der Waals surface area contributed by atoms with Crippen molar-refractivity contribution >= 4 is 33.1 Å². The van der Waals surface area contributed by atoms with Crippen LogP contribution >= 0.6 is 11.6 Å². The first-order valence-corrected chi connectivity index (χ1v) is 10.5. The van der Waals surface area contributed by atoms with Crippen molar-refractivity contribution in [1.82, 2.24) is 15.0 Å². The van der Waals surface area contributed by atoms with E-state index in [2.05, 4.69) is 15.0 Å². The van der Waals surface area contributed by atoms with E-state index in [-0.39, 0.29) is 39.7 Å². The number of halogens is 1. The molecule has 3 nitrogen and oxygen atoms in total. The summed E-state index contributed by atoms with van der Waals surface area (Å²) in [6.45, 7) is 0. The van der Waals surface area contributed by atoms with E-state index in [1.54, 1.807) is 12.1 Å². The molecule has 0 amide bonds. The standard InChI is InChI=1S/C29H18ClN3/c30-29-32-27(20-7-2-1-3-8-20)31-28(33-29)26-15-14-24-17-23(12-13-25(24)18-26)22-11-10-19-6-4-5-9-21(19)16-22/h1-18H/i4D,5D,6D,9D,10D,11D,16D. The van der Waals surface area contributed by atoms with Crippen molar-refractivity contribution in [3.63, 3.8) is 0 Å². The number of fused-ring (bicyclic) bond motifs is 2. The Morgan fingerprint density at radius 1 is 0.545 bits per heavy atom. The largest absolute Gasteiger partial charge is 0.226 e. The normalized spacial score (nSPS) is 14.2. The van der Waals surface area contributed by atoms with Gasteiger partial charge in [0.15, 0.2) is 11.6 Å². The summed E-state index contributed by atoms with van der Waals surface area (Å²) in [6.07, 6.45) is 0. The van der Waals surface area contributed by atoms with Gasteiger partial charge in [-0.2, -0.15) is 9.97 Å². The van der Waals surface area contributed by atoms with Crippen LogP contribution in [0.2, 0.25) is 5.28 Å². The Balaban J connectivity index is 1.48. The molecule has 0 unspecified atom stereocenters. The van der Waals surface area contributed by atoms with Crippen LogP contribution in [0.15, 0.2) is 109 Å². The van der Waals surface area contributed by atoms with Crippen molar-refractivity contribution in [2.24, 2.45) is 0 Å². The van der Waals surface area contributed by atoms with Crippen molar-refractivity contribution < 1.29 is 9.60 Å². The minimum Gasteiger partial charge on any atom is -0.208 e. The molecule has 6 aromatic rings. The predicted octanol–water partition coefficient (Wildman–Crippen LogP) is 7.83. The molecule has 0 saturated carbocycles. The van der Waals surface area contributed by atoms with Gasteiger partial charge in [0, 0.05) is 11.1 Å². The van der Waals surface area contributed by atoms with E-state index in [0.29, 0.717) is 17.2 Å². The Hall–Kier alpha value is -4.08. The van der Waals surface area contributed by atoms with Gasteiger partial charge in [0.2, 0.25) is 5.28 Å². The molecular formula is C29H18ClN3. The van der Waals surface area contributed by atoms with Crippen LogP contribution in [0.1, 0.15) is 9.60 Å². The molecule has 1 heterocycles. The van der Waals surface area contributed by atoms with E-state index >= 15 is 0 Å². The monoisotopic (exact) mass is 450 g/mol. The summed E-state index contributed by atoms with van der Waals surface area (Å²) < 4.78 is 58.4. The second-order valence-corrected chi connectivity index (χ2v) is 7.73. The van der Waals surface area contributed by atoms with E-state index in [4.69, 9.17) is 21.2 Å². The number of hydrogen-bond donors (Lipinski definition) is 0. The zero-order chi connectivity index (χ0) is 28.3. The van der Waals surface area contributed by atoms with Crippen molar-refractivity contribution in [3.8, 4) is 33.9 Å². The Morgan fingerprint density at radius 2 is 1.21 bits per heavy atom. The molecule has 0 N–H and O–H groups in total. The molecule has 0 fully saturated rings. The zero-order valence-corrected chi connectivity index (χ0v) is 17.8. The van der Waals surface area contributed by atoms with Gasteiger partial charge in [-0.15, -0.1) is 0 Å². The maximum atomic E-state index is 8.80. The fraction of sp³-hybridized carbons (Fsp3) is 0. The molecule has 0 aliphatic heterocycles. The highest BCUT2D eigenvalue weighted by Crippen LogP contribution is 2.30.